The lowest BCUT2D eigenvalue weighted by Gasteiger charge is -2.37. The van der Waals surface area contributed by atoms with Gasteiger partial charge >= 0.3 is 18.3 Å². The Morgan fingerprint density at radius 2 is 1.32 bits per heavy atom. The first-order chi connectivity index (χ1) is 18.8. The summed E-state index contributed by atoms with van der Waals surface area (Å²) in [5.41, 5.74) is -4.78. The van der Waals surface area contributed by atoms with Gasteiger partial charge in [-0.1, -0.05) is 42.5 Å². The van der Waals surface area contributed by atoms with Crippen LogP contribution in [-0.4, -0.2) is 30.9 Å². The molecule has 208 valence electrons. The van der Waals surface area contributed by atoms with Crippen LogP contribution in [-0.2, 0) is 37.0 Å². The quantitative estimate of drug-likeness (QED) is 0.278. The minimum atomic E-state index is -4.84. The fraction of sp³-hybridized carbons (Fsp3) is 0.250. The number of benzene rings is 3. The first-order valence-corrected chi connectivity index (χ1v) is 11.9. The molecule has 3 atom stereocenters. The van der Waals surface area contributed by atoms with Gasteiger partial charge in [0.2, 0.25) is 11.8 Å². The smallest absolute Gasteiger partial charge is 0.416 e. The highest BCUT2D eigenvalue weighted by molar-refractivity contribution is 6.24. The first-order valence-electron chi connectivity index (χ1n) is 11.9. The summed E-state index contributed by atoms with van der Waals surface area (Å²) in [7, 11) is 1.02. The first kappa shape index (κ1) is 27.4. The zero-order valence-electron chi connectivity index (χ0n) is 20.6. The molecule has 40 heavy (non-hydrogen) atoms. The van der Waals surface area contributed by atoms with E-state index in [1.54, 1.807) is 18.2 Å². The van der Waals surface area contributed by atoms with Crippen molar-refractivity contribution in [2.45, 2.75) is 23.9 Å². The molecule has 0 bridgehead atoms. The molecule has 0 aromatic heterocycles. The molecule has 5 rings (SSSR count). The molecule has 2 heterocycles. The zero-order valence-corrected chi connectivity index (χ0v) is 20.6. The van der Waals surface area contributed by atoms with Gasteiger partial charge in [0, 0.05) is 0 Å². The number of anilines is 1. The molecular weight excluding hydrogens is 542 g/mol. The summed E-state index contributed by atoms with van der Waals surface area (Å²) >= 11 is 0. The van der Waals surface area contributed by atoms with Crippen LogP contribution < -0.4 is 10.2 Å². The Bertz CT molecular complexity index is 1430. The highest BCUT2D eigenvalue weighted by atomic mass is 19.4. The van der Waals surface area contributed by atoms with Crippen LogP contribution in [0.15, 0.2) is 78.9 Å². The van der Waals surface area contributed by atoms with E-state index in [4.69, 9.17) is 4.74 Å². The molecule has 0 aliphatic carbocycles. The standard InChI is InChI=1S/C28H20F6N2O4/c1-40-25(39)22-20-21(24(38)36(23(20)37)19-11-3-2-4-12-19)26(35-22,15-7-5-9-17(13-15)27(29,30)31)16-8-6-10-18(14-16)28(32,33)34/h2-14,20-22,35H,1H3/t20-,21-,22+/m0/s1. The Morgan fingerprint density at radius 1 is 0.800 bits per heavy atom. The number of hydrogen-bond acceptors (Lipinski definition) is 5. The number of para-hydroxylation sites is 1. The van der Waals surface area contributed by atoms with Gasteiger partial charge in [-0.15, -0.1) is 0 Å². The number of nitrogens with one attached hydrogen (secondary N) is 1. The predicted octanol–water partition coefficient (Wildman–Crippen LogP) is 4.92. The van der Waals surface area contributed by atoms with Crippen molar-refractivity contribution in [2.24, 2.45) is 11.8 Å². The van der Waals surface area contributed by atoms with Gasteiger partial charge in [0.25, 0.3) is 0 Å². The Hall–Kier alpha value is -4.19. The number of amides is 2. The van der Waals surface area contributed by atoms with Crippen molar-refractivity contribution >= 4 is 23.5 Å². The third kappa shape index (κ3) is 4.23. The molecule has 3 aromatic carbocycles. The number of imide groups is 1. The predicted molar refractivity (Wildman–Crippen MR) is 129 cm³/mol. The maximum atomic E-state index is 14.0. The van der Waals surface area contributed by atoms with E-state index in [1.807, 2.05) is 0 Å². The van der Waals surface area contributed by atoms with Gasteiger partial charge in [0.15, 0.2) is 0 Å². The van der Waals surface area contributed by atoms with E-state index in [2.05, 4.69) is 5.32 Å². The summed E-state index contributed by atoms with van der Waals surface area (Å²) in [4.78, 5) is 41.5. The number of carbonyl (C=O) groups excluding carboxylic acids is 3. The third-order valence-corrected chi connectivity index (χ3v) is 7.32. The lowest BCUT2D eigenvalue weighted by Crippen LogP contribution is -2.52. The molecule has 0 spiro atoms. The number of fused-ring (bicyclic) bond motifs is 1. The second-order valence-electron chi connectivity index (χ2n) is 9.46. The van der Waals surface area contributed by atoms with Crippen molar-refractivity contribution in [1.29, 1.82) is 0 Å². The highest BCUT2D eigenvalue weighted by Gasteiger charge is 2.68. The van der Waals surface area contributed by atoms with E-state index in [0.29, 0.717) is 12.1 Å². The van der Waals surface area contributed by atoms with Gasteiger partial charge < -0.3 is 4.74 Å². The lowest BCUT2D eigenvalue weighted by atomic mass is 9.71. The van der Waals surface area contributed by atoms with Crippen molar-refractivity contribution < 1.29 is 45.5 Å². The maximum Gasteiger partial charge on any atom is 0.416 e. The molecule has 3 aromatic rings. The van der Waals surface area contributed by atoms with Crippen molar-refractivity contribution in [1.82, 2.24) is 5.32 Å². The fourth-order valence-electron chi connectivity index (χ4n) is 5.65. The number of rotatable bonds is 4. The summed E-state index contributed by atoms with van der Waals surface area (Å²) in [6.45, 7) is 0. The summed E-state index contributed by atoms with van der Waals surface area (Å²) in [6, 6.07) is 13.5. The normalized spacial score (nSPS) is 22.4. The molecule has 2 amide bonds. The lowest BCUT2D eigenvalue weighted by molar-refractivity contribution is -0.145. The topological polar surface area (TPSA) is 75.7 Å². The second-order valence-corrected chi connectivity index (χ2v) is 9.46. The number of methoxy groups -OCH3 is 1. The van der Waals surface area contributed by atoms with Gasteiger partial charge in [-0.2, -0.15) is 26.3 Å². The van der Waals surface area contributed by atoms with Crippen LogP contribution in [0.2, 0.25) is 0 Å². The molecule has 0 unspecified atom stereocenters. The van der Waals surface area contributed by atoms with Gasteiger partial charge in [0.1, 0.15) is 6.04 Å². The number of hydrogen-bond donors (Lipinski definition) is 1. The van der Waals surface area contributed by atoms with E-state index in [0.717, 1.165) is 36.3 Å². The van der Waals surface area contributed by atoms with Crippen LogP contribution in [0.1, 0.15) is 22.3 Å². The summed E-state index contributed by atoms with van der Waals surface area (Å²) in [6.07, 6.45) is -9.67. The fourth-order valence-corrected chi connectivity index (χ4v) is 5.65. The van der Waals surface area contributed by atoms with Crippen molar-refractivity contribution in [3.05, 3.63) is 101 Å². The SMILES string of the molecule is COC(=O)[C@@H]1NC(c2cccc(C(F)(F)F)c2)(c2cccc(C(F)(F)F)c2)[C@@H]2C(=O)N(c3ccccc3)C(=O)[C@@H]21. The molecule has 1 N–H and O–H groups in total. The number of halogens is 6. The van der Waals surface area contributed by atoms with Crippen LogP contribution in [0.3, 0.4) is 0 Å². The Kier molecular flexibility index (Phi) is 6.48. The maximum absolute atomic E-state index is 14.0. The van der Waals surface area contributed by atoms with Gasteiger partial charge in [0.05, 0.1) is 41.3 Å². The van der Waals surface area contributed by atoms with Crippen LogP contribution in [0.4, 0.5) is 32.0 Å². The molecule has 2 aliphatic rings. The zero-order chi connectivity index (χ0) is 29.0. The minimum Gasteiger partial charge on any atom is -0.468 e. The van der Waals surface area contributed by atoms with Gasteiger partial charge in [-0.3, -0.25) is 19.7 Å². The third-order valence-electron chi connectivity index (χ3n) is 7.32. The number of ether oxygens (including phenoxy) is 1. The van der Waals surface area contributed by atoms with Gasteiger partial charge in [-0.05, 0) is 47.5 Å². The van der Waals surface area contributed by atoms with Crippen LogP contribution in [0.25, 0.3) is 0 Å². The number of nitrogens with zero attached hydrogens (tertiary/aromatic N) is 1. The molecule has 2 saturated heterocycles. The van der Waals surface area contributed by atoms with E-state index < -0.39 is 64.7 Å². The van der Waals surface area contributed by atoms with Crippen LogP contribution >= 0.6 is 0 Å². The average Bonchev–Trinajstić information content (AvgIpc) is 3.42. The molecule has 0 radical (unpaired) electrons. The number of carbonyl (C=O) groups is 3. The van der Waals surface area contributed by atoms with Crippen LogP contribution in [0.5, 0.6) is 0 Å². The van der Waals surface area contributed by atoms with Crippen LogP contribution in [0, 0.1) is 11.8 Å². The average molecular weight is 562 g/mol. The molecular formula is C28H20F6N2O4. The van der Waals surface area contributed by atoms with E-state index in [-0.39, 0.29) is 16.8 Å². The summed E-state index contributed by atoms with van der Waals surface area (Å²) in [5.74, 6) is -5.84. The van der Waals surface area contributed by atoms with Crippen molar-refractivity contribution in [3.63, 3.8) is 0 Å². The monoisotopic (exact) mass is 562 g/mol. The molecule has 12 heteroatoms. The summed E-state index contributed by atoms with van der Waals surface area (Å²) < 4.78 is 87.5. The number of esters is 1. The van der Waals surface area contributed by atoms with E-state index in [1.165, 1.54) is 24.3 Å². The molecule has 2 aliphatic heterocycles. The molecule has 6 nitrogen and oxygen atoms in total. The van der Waals surface area contributed by atoms with E-state index in [9.17, 15) is 40.7 Å². The molecule has 2 fully saturated rings. The van der Waals surface area contributed by atoms with Crippen molar-refractivity contribution in [3.8, 4) is 0 Å². The largest absolute Gasteiger partial charge is 0.468 e. The van der Waals surface area contributed by atoms with Crippen molar-refractivity contribution in [2.75, 3.05) is 12.0 Å². The second kappa shape index (κ2) is 9.47. The summed E-state index contributed by atoms with van der Waals surface area (Å²) in [5, 5.41) is 2.80. The Labute approximate surface area is 223 Å². The Balaban J connectivity index is 1.82. The van der Waals surface area contributed by atoms with E-state index >= 15 is 0 Å². The van der Waals surface area contributed by atoms with Gasteiger partial charge in [-0.25, -0.2) is 4.90 Å². The number of alkyl halides is 6. The Morgan fingerprint density at radius 3 is 1.80 bits per heavy atom. The molecule has 0 saturated carbocycles. The highest BCUT2D eigenvalue weighted by Crippen LogP contribution is 2.53. The minimum absolute atomic E-state index is 0.137.